The molecule has 0 aliphatic rings. The Kier molecular flexibility index (Phi) is 3.22. The minimum absolute atomic E-state index is 0.133. The van der Waals surface area contributed by atoms with Crippen LogP contribution in [0, 0.1) is 0 Å². The highest BCUT2D eigenvalue weighted by atomic mass is 16.4. The number of nitrogens with zero attached hydrogens (tertiary/aromatic N) is 4. The van der Waals surface area contributed by atoms with Crippen LogP contribution >= 0.6 is 0 Å². The number of anilines is 1. The first-order valence-electron chi connectivity index (χ1n) is 4.09. The van der Waals surface area contributed by atoms with Crippen molar-refractivity contribution in [3.8, 4) is 0 Å². The third-order valence-electron chi connectivity index (χ3n) is 1.59. The van der Waals surface area contributed by atoms with Crippen LogP contribution in [-0.4, -0.2) is 35.1 Å². The van der Waals surface area contributed by atoms with E-state index in [0.717, 1.165) is 5.69 Å². The van der Waals surface area contributed by atoms with E-state index in [1.807, 2.05) is 14.1 Å². The van der Waals surface area contributed by atoms with E-state index >= 15 is 0 Å². The van der Waals surface area contributed by atoms with E-state index in [1.54, 1.807) is 17.2 Å². The van der Waals surface area contributed by atoms with Gasteiger partial charge in [-0.15, -0.1) is 0 Å². The molecule has 0 fully saturated rings. The first kappa shape index (κ1) is 10.2. The minimum Gasteiger partial charge on any atom is -0.409 e. The molecule has 0 aliphatic heterocycles. The summed E-state index contributed by atoms with van der Waals surface area (Å²) in [5.41, 5.74) is 6.08. The summed E-state index contributed by atoms with van der Waals surface area (Å²) in [6.45, 7) is 0. The lowest BCUT2D eigenvalue weighted by Crippen LogP contribution is -2.18. The standard InChI is InChI=1S/C8H13N5O/c1-13(2)8-10-4-3-6(11-8)5-7(9)12-14/h3-4,14H,5H2,1-2H3,(H2,9,12). The maximum Gasteiger partial charge on any atom is 0.224 e. The number of oxime groups is 1. The van der Waals surface area contributed by atoms with Crippen LogP contribution in [0.2, 0.25) is 0 Å². The van der Waals surface area contributed by atoms with Gasteiger partial charge in [-0.25, -0.2) is 9.97 Å². The van der Waals surface area contributed by atoms with E-state index in [1.165, 1.54) is 0 Å². The van der Waals surface area contributed by atoms with Gasteiger partial charge in [-0.1, -0.05) is 5.16 Å². The fourth-order valence-electron chi connectivity index (χ4n) is 0.919. The van der Waals surface area contributed by atoms with Gasteiger partial charge in [-0.05, 0) is 6.07 Å². The molecule has 0 saturated heterocycles. The zero-order valence-electron chi connectivity index (χ0n) is 8.18. The molecular formula is C8H13N5O. The molecule has 1 rings (SSSR count). The monoisotopic (exact) mass is 195 g/mol. The van der Waals surface area contributed by atoms with Gasteiger partial charge in [-0.2, -0.15) is 0 Å². The summed E-state index contributed by atoms with van der Waals surface area (Å²) >= 11 is 0. The molecule has 1 aromatic heterocycles. The van der Waals surface area contributed by atoms with Crippen LogP contribution in [-0.2, 0) is 6.42 Å². The highest BCUT2D eigenvalue weighted by Gasteiger charge is 2.02. The molecule has 14 heavy (non-hydrogen) atoms. The van der Waals surface area contributed by atoms with E-state index < -0.39 is 0 Å². The van der Waals surface area contributed by atoms with E-state index in [2.05, 4.69) is 15.1 Å². The van der Waals surface area contributed by atoms with Crippen LogP contribution in [0.25, 0.3) is 0 Å². The molecule has 6 nitrogen and oxygen atoms in total. The molecule has 3 N–H and O–H groups in total. The summed E-state index contributed by atoms with van der Waals surface area (Å²) in [6, 6.07) is 1.73. The number of rotatable bonds is 3. The van der Waals surface area contributed by atoms with Gasteiger partial charge in [0.2, 0.25) is 5.95 Å². The molecule has 0 radical (unpaired) electrons. The zero-order chi connectivity index (χ0) is 10.6. The Balaban J connectivity index is 2.84. The Morgan fingerprint density at radius 3 is 2.93 bits per heavy atom. The van der Waals surface area contributed by atoms with Gasteiger partial charge < -0.3 is 15.8 Å². The average Bonchev–Trinajstić information content (AvgIpc) is 2.18. The zero-order valence-corrected chi connectivity index (χ0v) is 8.18. The second-order valence-corrected chi connectivity index (χ2v) is 3.01. The molecule has 6 heteroatoms. The van der Waals surface area contributed by atoms with Crippen molar-refractivity contribution in [3.05, 3.63) is 18.0 Å². The number of aromatic nitrogens is 2. The topological polar surface area (TPSA) is 87.6 Å². The molecule has 0 spiro atoms. The Hall–Kier alpha value is -1.85. The summed E-state index contributed by atoms with van der Waals surface area (Å²) in [5.74, 6) is 0.738. The van der Waals surface area contributed by atoms with Crippen molar-refractivity contribution in [2.45, 2.75) is 6.42 Å². The SMILES string of the molecule is CN(C)c1nccc(C/C(N)=N/O)n1. The third kappa shape index (κ3) is 2.58. The van der Waals surface area contributed by atoms with Crippen molar-refractivity contribution in [2.75, 3.05) is 19.0 Å². The molecule has 0 saturated carbocycles. The fourth-order valence-corrected chi connectivity index (χ4v) is 0.919. The predicted octanol–water partition coefficient (Wildman–Crippen LogP) is -0.169. The highest BCUT2D eigenvalue weighted by molar-refractivity contribution is 5.81. The van der Waals surface area contributed by atoms with Crippen molar-refractivity contribution in [3.63, 3.8) is 0 Å². The number of nitrogens with two attached hydrogens (primary N) is 1. The van der Waals surface area contributed by atoms with E-state index in [0.29, 0.717) is 12.4 Å². The van der Waals surface area contributed by atoms with Crippen molar-refractivity contribution < 1.29 is 5.21 Å². The molecular weight excluding hydrogens is 182 g/mol. The van der Waals surface area contributed by atoms with Crippen LogP contribution in [0.5, 0.6) is 0 Å². The lowest BCUT2D eigenvalue weighted by atomic mass is 10.3. The van der Waals surface area contributed by atoms with Gasteiger partial charge in [0.05, 0.1) is 12.1 Å². The Labute approximate surface area is 82.1 Å². The summed E-state index contributed by atoms with van der Waals surface area (Å²) in [7, 11) is 3.70. The van der Waals surface area contributed by atoms with Gasteiger partial charge in [0.25, 0.3) is 0 Å². The molecule has 1 heterocycles. The summed E-state index contributed by atoms with van der Waals surface area (Å²) < 4.78 is 0. The minimum atomic E-state index is 0.133. The Morgan fingerprint density at radius 1 is 1.64 bits per heavy atom. The molecule has 0 atom stereocenters. The third-order valence-corrected chi connectivity index (χ3v) is 1.59. The van der Waals surface area contributed by atoms with Crippen LogP contribution in [0.15, 0.2) is 17.4 Å². The Morgan fingerprint density at radius 2 is 2.36 bits per heavy atom. The molecule has 76 valence electrons. The van der Waals surface area contributed by atoms with Crippen LogP contribution in [0.1, 0.15) is 5.69 Å². The highest BCUT2D eigenvalue weighted by Crippen LogP contribution is 2.03. The van der Waals surface area contributed by atoms with Crippen LogP contribution in [0.3, 0.4) is 0 Å². The summed E-state index contributed by atoms with van der Waals surface area (Å²) in [6.07, 6.45) is 1.96. The molecule has 0 bridgehead atoms. The Bertz CT molecular complexity index is 336. The summed E-state index contributed by atoms with van der Waals surface area (Å²) in [5, 5.41) is 11.3. The number of amidine groups is 1. The van der Waals surface area contributed by atoms with Gasteiger partial charge in [0.15, 0.2) is 0 Å². The van der Waals surface area contributed by atoms with Crippen molar-refractivity contribution in [2.24, 2.45) is 10.9 Å². The number of hydrogen-bond acceptors (Lipinski definition) is 5. The van der Waals surface area contributed by atoms with E-state index in [-0.39, 0.29) is 5.84 Å². The van der Waals surface area contributed by atoms with Gasteiger partial charge in [0.1, 0.15) is 5.84 Å². The quantitative estimate of drug-likeness (QED) is 0.302. The largest absolute Gasteiger partial charge is 0.409 e. The van der Waals surface area contributed by atoms with E-state index in [9.17, 15) is 0 Å². The normalized spacial score (nSPS) is 11.4. The lowest BCUT2D eigenvalue weighted by molar-refractivity contribution is 0.317. The molecule has 0 aliphatic carbocycles. The van der Waals surface area contributed by atoms with Crippen molar-refractivity contribution in [1.29, 1.82) is 0 Å². The average molecular weight is 195 g/mol. The molecule has 0 unspecified atom stereocenters. The second kappa shape index (κ2) is 4.40. The molecule has 0 amide bonds. The van der Waals surface area contributed by atoms with Gasteiger partial charge in [-0.3, -0.25) is 0 Å². The summed E-state index contributed by atoms with van der Waals surface area (Å²) in [4.78, 5) is 10.0. The maximum absolute atomic E-state index is 8.38. The van der Waals surface area contributed by atoms with Crippen LogP contribution < -0.4 is 10.6 Å². The molecule has 0 aromatic carbocycles. The molecule has 1 aromatic rings. The van der Waals surface area contributed by atoms with E-state index in [4.69, 9.17) is 10.9 Å². The smallest absolute Gasteiger partial charge is 0.224 e. The van der Waals surface area contributed by atoms with Gasteiger partial charge >= 0.3 is 0 Å². The van der Waals surface area contributed by atoms with Crippen molar-refractivity contribution >= 4 is 11.8 Å². The first-order chi connectivity index (χ1) is 6.63. The fraction of sp³-hybridized carbons (Fsp3) is 0.375. The van der Waals surface area contributed by atoms with Crippen molar-refractivity contribution in [1.82, 2.24) is 9.97 Å². The number of hydrogen-bond donors (Lipinski definition) is 2. The van der Waals surface area contributed by atoms with Gasteiger partial charge in [0, 0.05) is 20.3 Å². The maximum atomic E-state index is 8.38. The predicted molar refractivity (Wildman–Crippen MR) is 53.5 cm³/mol. The second-order valence-electron chi connectivity index (χ2n) is 3.01. The van der Waals surface area contributed by atoms with Crippen LogP contribution in [0.4, 0.5) is 5.95 Å². The first-order valence-corrected chi connectivity index (χ1v) is 4.09. The lowest BCUT2D eigenvalue weighted by Gasteiger charge is -2.10.